The maximum Gasteiger partial charge on any atom is 0.341 e. The first kappa shape index (κ1) is 19.4. The fraction of sp³-hybridized carbons (Fsp3) is 0.105. The van der Waals surface area contributed by atoms with E-state index in [-0.39, 0.29) is 22.3 Å². The summed E-state index contributed by atoms with van der Waals surface area (Å²) in [5.41, 5.74) is 0.957. The predicted octanol–water partition coefficient (Wildman–Crippen LogP) is 3.89. The highest BCUT2D eigenvalue weighted by Gasteiger charge is 2.16. The Morgan fingerprint density at radius 2 is 1.89 bits per heavy atom. The molecule has 0 atom stereocenters. The van der Waals surface area contributed by atoms with Crippen LogP contribution in [0.1, 0.15) is 10.4 Å². The number of hydrogen-bond acceptors (Lipinski definition) is 6. The molecule has 0 aliphatic rings. The van der Waals surface area contributed by atoms with Crippen molar-refractivity contribution in [2.45, 2.75) is 0 Å². The summed E-state index contributed by atoms with van der Waals surface area (Å²) in [6, 6.07) is 9.43. The van der Waals surface area contributed by atoms with Gasteiger partial charge in [-0.3, -0.25) is 10.1 Å². The first-order chi connectivity index (χ1) is 13.5. The number of ether oxygens (including phenoxy) is 2. The first-order valence-corrected chi connectivity index (χ1v) is 8.86. The van der Waals surface area contributed by atoms with E-state index in [0.717, 1.165) is 17.4 Å². The van der Waals surface area contributed by atoms with Gasteiger partial charge in [0, 0.05) is 17.0 Å². The smallest absolute Gasteiger partial charge is 0.341 e. The van der Waals surface area contributed by atoms with Gasteiger partial charge in [0.15, 0.2) is 11.7 Å². The quantitative estimate of drug-likeness (QED) is 0.631. The number of carbonyl (C=O) groups is 2. The highest BCUT2D eigenvalue weighted by molar-refractivity contribution is 7.14. The molecule has 3 aromatic rings. The Kier molecular flexibility index (Phi) is 5.95. The highest BCUT2D eigenvalue weighted by atomic mass is 32.1. The molecular formula is C19H14F2N2O4S. The number of esters is 1. The molecule has 0 fully saturated rings. The predicted molar refractivity (Wildman–Crippen MR) is 99.4 cm³/mol. The number of hydrogen-bond donors (Lipinski definition) is 1. The number of benzene rings is 2. The molecule has 2 aromatic carbocycles. The Labute approximate surface area is 162 Å². The zero-order valence-electron chi connectivity index (χ0n) is 14.6. The molecule has 0 spiro atoms. The molecule has 9 heteroatoms. The van der Waals surface area contributed by atoms with Crippen LogP contribution >= 0.6 is 11.3 Å². The standard InChI is InChI=1S/C19H14F2N2O4S/c1-26-13-6-7-14(15(21)8-13)18(25)27-9-17(24)23-19-22-16(10-28-19)11-2-4-12(20)5-3-11/h2-8,10H,9H2,1H3,(H,22,23,24). The van der Waals surface area contributed by atoms with Gasteiger partial charge < -0.3 is 9.47 Å². The lowest BCUT2D eigenvalue weighted by molar-refractivity contribution is -0.119. The van der Waals surface area contributed by atoms with Crippen LogP contribution in [0.25, 0.3) is 11.3 Å². The van der Waals surface area contributed by atoms with Crippen molar-refractivity contribution in [3.63, 3.8) is 0 Å². The number of nitrogens with one attached hydrogen (secondary N) is 1. The number of halogens is 2. The molecule has 0 aliphatic carbocycles. The molecule has 6 nitrogen and oxygen atoms in total. The topological polar surface area (TPSA) is 77.5 Å². The minimum Gasteiger partial charge on any atom is -0.497 e. The average Bonchev–Trinajstić information content (AvgIpc) is 3.15. The summed E-state index contributed by atoms with van der Waals surface area (Å²) in [4.78, 5) is 28.1. The van der Waals surface area contributed by atoms with Crippen molar-refractivity contribution in [2.24, 2.45) is 0 Å². The molecule has 0 unspecified atom stereocenters. The number of rotatable bonds is 6. The third-order valence-corrected chi connectivity index (χ3v) is 4.38. The van der Waals surface area contributed by atoms with E-state index in [0.29, 0.717) is 11.3 Å². The first-order valence-electron chi connectivity index (χ1n) is 7.98. The molecule has 144 valence electrons. The molecule has 1 N–H and O–H groups in total. The second-order valence-electron chi connectivity index (χ2n) is 5.51. The van der Waals surface area contributed by atoms with E-state index < -0.39 is 24.3 Å². The second kappa shape index (κ2) is 8.57. The summed E-state index contributed by atoms with van der Waals surface area (Å²) in [6.07, 6.45) is 0. The Bertz CT molecular complexity index is 1010. The number of nitrogens with zero attached hydrogens (tertiary/aromatic N) is 1. The Balaban J connectivity index is 1.56. The monoisotopic (exact) mass is 404 g/mol. The summed E-state index contributed by atoms with van der Waals surface area (Å²) in [7, 11) is 1.37. The highest BCUT2D eigenvalue weighted by Crippen LogP contribution is 2.25. The van der Waals surface area contributed by atoms with Crippen molar-refractivity contribution in [3.05, 3.63) is 65.0 Å². The van der Waals surface area contributed by atoms with Gasteiger partial charge in [-0.15, -0.1) is 11.3 Å². The fourth-order valence-electron chi connectivity index (χ4n) is 2.24. The number of thiazole rings is 1. The number of anilines is 1. The largest absolute Gasteiger partial charge is 0.497 e. The van der Waals surface area contributed by atoms with E-state index in [9.17, 15) is 18.4 Å². The van der Waals surface area contributed by atoms with Gasteiger partial charge in [0.2, 0.25) is 0 Å². The van der Waals surface area contributed by atoms with Gasteiger partial charge in [0.05, 0.1) is 18.4 Å². The van der Waals surface area contributed by atoms with Gasteiger partial charge in [0.1, 0.15) is 17.4 Å². The summed E-state index contributed by atoms with van der Waals surface area (Å²) >= 11 is 1.16. The van der Waals surface area contributed by atoms with Crippen LogP contribution in [0, 0.1) is 11.6 Å². The number of methoxy groups -OCH3 is 1. The number of amides is 1. The van der Waals surface area contributed by atoms with E-state index in [4.69, 9.17) is 9.47 Å². The maximum absolute atomic E-state index is 13.8. The van der Waals surface area contributed by atoms with Crippen molar-refractivity contribution >= 4 is 28.3 Å². The van der Waals surface area contributed by atoms with Crippen molar-refractivity contribution in [3.8, 4) is 17.0 Å². The summed E-state index contributed by atoms with van der Waals surface area (Å²) in [5.74, 6) is -2.51. The molecule has 0 bridgehead atoms. The van der Waals surface area contributed by atoms with Gasteiger partial charge in [-0.25, -0.2) is 18.6 Å². The van der Waals surface area contributed by atoms with Gasteiger partial charge >= 0.3 is 5.97 Å². The van der Waals surface area contributed by atoms with Crippen LogP contribution in [0.3, 0.4) is 0 Å². The third kappa shape index (κ3) is 4.68. The Hall–Kier alpha value is -3.33. The van der Waals surface area contributed by atoms with E-state index >= 15 is 0 Å². The van der Waals surface area contributed by atoms with Crippen LogP contribution in [-0.2, 0) is 9.53 Å². The van der Waals surface area contributed by atoms with Gasteiger partial charge in [-0.1, -0.05) is 0 Å². The molecule has 0 saturated carbocycles. The zero-order chi connectivity index (χ0) is 20.1. The summed E-state index contributed by atoms with van der Waals surface area (Å²) in [5, 5.41) is 4.47. The van der Waals surface area contributed by atoms with Crippen LogP contribution in [0.15, 0.2) is 47.8 Å². The van der Waals surface area contributed by atoms with Crippen LogP contribution in [0.2, 0.25) is 0 Å². The summed E-state index contributed by atoms with van der Waals surface area (Å²) in [6.45, 7) is -0.601. The molecule has 0 aliphatic heterocycles. The number of aromatic nitrogens is 1. The van der Waals surface area contributed by atoms with Crippen LogP contribution in [0.5, 0.6) is 5.75 Å². The summed E-state index contributed by atoms with van der Waals surface area (Å²) < 4.78 is 36.5. The van der Waals surface area contributed by atoms with Gasteiger partial charge in [0.25, 0.3) is 5.91 Å². The van der Waals surface area contributed by atoms with Crippen molar-refractivity contribution in [2.75, 3.05) is 19.0 Å². The minimum absolute atomic E-state index is 0.257. The van der Waals surface area contributed by atoms with E-state index in [1.807, 2.05) is 0 Å². The second-order valence-corrected chi connectivity index (χ2v) is 6.37. The molecule has 0 saturated heterocycles. The number of carbonyl (C=O) groups excluding carboxylic acids is 2. The molecule has 28 heavy (non-hydrogen) atoms. The molecule has 1 heterocycles. The van der Waals surface area contributed by atoms with E-state index in [2.05, 4.69) is 10.3 Å². The average molecular weight is 404 g/mol. The lowest BCUT2D eigenvalue weighted by Gasteiger charge is -2.06. The molecular weight excluding hydrogens is 390 g/mol. The molecule has 0 radical (unpaired) electrons. The molecule has 1 amide bonds. The van der Waals surface area contributed by atoms with Crippen LogP contribution in [-0.4, -0.2) is 30.6 Å². The zero-order valence-corrected chi connectivity index (χ0v) is 15.4. The van der Waals surface area contributed by atoms with Crippen molar-refractivity contribution in [1.29, 1.82) is 0 Å². The molecule has 3 rings (SSSR count). The minimum atomic E-state index is -0.971. The van der Waals surface area contributed by atoms with Crippen molar-refractivity contribution < 1.29 is 27.8 Å². The van der Waals surface area contributed by atoms with Crippen LogP contribution in [0.4, 0.5) is 13.9 Å². The van der Waals surface area contributed by atoms with Crippen LogP contribution < -0.4 is 10.1 Å². The van der Waals surface area contributed by atoms with E-state index in [1.165, 1.54) is 31.4 Å². The maximum atomic E-state index is 13.8. The lowest BCUT2D eigenvalue weighted by Crippen LogP contribution is -2.21. The lowest BCUT2D eigenvalue weighted by atomic mass is 10.2. The third-order valence-electron chi connectivity index (χ3n) is 3.62. The SMILES string of the molecule is COc1ccc(C(=O)OCC(=O)Nc2nc(-c3ccc(F)cc3)cs2)c(F)c1. The Morgan fingerprint density at radius 3 is 2.57 bits per heavy atom. The normalized spacial score (nSPS) is 10.4. The van der Waals surface area contributed by atoms with Gasteiger partial charge in [-0.2, -0.15) is 0 Å². The Morgan fingerprint density at radius 1 is 1.14 bits per heavy atom. The van der Waals surface area contributed by atoms with E-state index in [1.54, 1.807) is 17.5 Å². The molecule has 1 aromatic heterocycles. The van der Waals surface area contributed by atoms with Crippen molar-refractivity contribution in [1.82, 2.24) is 4.98 Å². The van der Waals surface area contributed by atoms with Gasteiger partial charge in [-0.05, 0) is 36.4 Å². The fourth-order valence-corrected chi connectivity index (χ4v) is 2.97.